The molecule has 4 aromatic carbocycles. The van der Waals surface area contributed by atoms with Crippen molar-refractivity contribution in [1.82, 2.24) is 0 Å². The molecule has 1 unspecified atom stereocenters. The third-order valence-corrected chi connectivity index (χ3v) is 7.00. The van der Waals surface area contributed by atoms with E-state index in [0.29, 0.717) is 12.2 Å². The Balaban J connectivity index is 1.73. The third kappa shape index (κ3) is 2.98. The largest absolute Gasteiger partial charge is 0.512 e. The van der Waals surface area contributed by atoms with E-state index in [1.807, 2.05) is 50.2 Å². The molecular weight excluding hydrogens is 412 g/mol. The van der Waals surface area contributed by atoms with Gasteiger partial charge in [0.2, 0.25) is 0 Å². The number of phenolic OH excluding ortho intramolecular Hbond substituents is 2. The Morgan fingerprint density at radius 3 is 1.79 bits per heavy atom. The van der Waals surface area contributed by atoms with Crippen LogP contribution in [-0.2, 0) is 0 Å². The molecule has 0 amide bonds. The zero-order valence-corrected chi connectivity index (χ0v) is 18.5. The van der Waals surface area contributed by atoms with Crippen LogP contribution in [0.1, 0.15) is 37.3 Å². The molecule has 0 saturated carbocycles. The standard InChI is InChI=1S/C29H24O4/c1-15-11-19(12-16(2)29(15)32)26-27-22-13-20(30)7-3-17(22)5-9-24(27)33-25-10-6-18-4-8-21(31)14-23(18)28(25)26/h3-11,13-14,16,26,30-32H,12H2,1-2H3. The molecule has 164 valence electrons. The van der Waals surface area contributed by atoms with E-state index in [4.69, 9.17) is 4.74 Å². The lowest BCUT2D eigenvalue weighted by molar-refractivity contribution is 0.327. The summed E-state index contributed by atoms with van der Waals surface area (Å²) in [4.78, 5) is 0. The Hall–Kier alpha value is -3.92. The van der Waals surface area contributed by atoms with Crippen molar-refractivity contribution in [2.75, 3.05) is 0 Å². The normalized spacial score (nSPS) is 18.1. The first-order valence-electron chi connectivity index (χ1n) is 11.2. The van der Waals surface area contributed by atoms with Crippen molar-refractivity contribution in [3.8, 4) is 23.0 Å². The lowest BCUT2D eigenvalue weighted by Gasteiger charge is -2.34. The van der Waals surface area contributed by atoms with Crippen LogP contribution in [0.15, 0.2) is 83.6 Å². The van der Waals surface area contributed by atoms with Crippen LogP contribution in [0.5, 0.6) is 23.0 Å². The quantitative estimate of drug-likeness (QED) is 0.290. The van der Waals surface area contributed by atoms with Crippen LogP contribution < -0.4 is 4.74 Å². The summed E-state index contributed by atoms with van der Waals surface area (Å²) < 4.78 is 6.42. The van der Waals surface area contributed by atoms with Crippen LogP contribution in [0.3, 0.4) is 0 Å². The van der Waals surface area contributed by atoms with Crippen LogP contribution in [-0.4, -0.2) is 15.3 Å². The second-order valence-electron chi connectivity index (χ2n) is 9.19. The molecule has 1 aliphatic carbocycles. The number of hydrogen-bond donors (Lipinski definition) is 3. The number of aliphatic hydroxyl groups is 1. The summed E-state index contributed by atoms with van der Waals surface area (Å²) in [7, 11) is 0. The van der Waals surface area contributed by atoms with E-state index in [0.717, 1.165) is 49.7 Å². The third-order valence-electron chi connectivity index (χ3n) is 7.00. The number of aromatic hydroxyl groups is 2. The van der Waals surface area contributed by atoms with Crippen molar-refractivity contribution >= 4 is 21.5 Å². The van der Waals surface area contributed by atoms with Crippen LogP contribution in [0, 0.1) is 5.92 Å². The van der Waals surface area contributed by atoms with Gasteiger partial charge in [-0.25, -0.2) is 0 Å². The molecule has 4 nitrogen and oxygen atoms in total. The molecule has 0 spiro atoms. The number of fused-ring (bicyclic) bond motifs is 6. The van der Waals surface area contributed by atoms with Gasteiger partial charge in [-0.2, -0.15) is 0 Å². The molecule has 0 aromatic heterocycles. The van der Waals surface area contributed by atoms with E-state index >= 15 is 0 Å². The van der Waals surface area contributed by atoms with E-state index in [-0.39, 0.29) is 23.3 Å². The molecular formula is C29H24O4. The molecule has 6 rings (SSSR count). The predicted octanol–water partition coefficient (Wildman–Crippen LogP) is 7.44. The summed E-state index contributed by atoms with van der Waals surface area (Å²) >= 11 is 0. The number of hydrogen-bond acceptors (Lipinski definition) is 4. The Bertz CT molecular complexity index is 1430. The van der Waals surface area contributed by atoms with Gasteiger partial charge in [-0.05, 0) is 76.9 Å². The zero-order chi connectivity index (χ0) is 22.9. The van der Waals surface area contributed by atoms with Gasteiger partial charge in [-0.1, -0.05) is 42.8 Å². The minimum absolute atomic E-state index is 0.00602. The van der Waals surface area contributed by atoms with Crippen LogP contribution in [0.2, 0.25) is 0 Å². The van der Waals surface area contributed by atoms with E-state index < -0.39 is 0 Å². The summed E-state index contributed by atoms with van der Waals surface area (Å²) in [5, 5.41) is 35.1. The molecule has 1 atom stereocenters. The molecule has 0 bridgehead atoms. The number of rotatable bonds is 1. The van der Waals surface area contributed by atoms with Crippen molar-refractivity contribution in [2.24, 2.45) is 5.92 Å². The summed E-state index contributed by atoms with van der Waals surface area (Å²) in [6, 6.07) is 18.8. The average molecular weight is 437 g/mol. The van der Waals surface area contributed by atoms with Crippen LogP contribution in [0.4, 0.5) is 0 Å². The van der Waals surface area contributed by atoms with Gasteiger partial charge in [-0.3, -0.25) is 0 Å². The average Bonchev–Trinajstić information content (AvgIpc) is 2.80. The van der Waals surface area contributed by atoms with Crippen LogP contribution >= 0.6 is 0 Å². The molecule has 2 aliphatic rings. The van der Waals surface area contributed by atoms with E-state index in [1.54, 1.807) is 24.3 Å². The maximum Gasteiger partial charge on any atom is 0.132 e. The van der Waals surface area contributed by atoms with Gasteiger partial charge in [0.1, 0.15) is 23.0 Å². The monoisotopic (exact) mass is 436 g/mol. The maximum absolute atomic E-state index is 10.5. The first-order chi connectivity index (χ1) is 15.9. The number of benzene rings is 4. The van der Waals surface area contributed by atoms with Crippen molar-refractivity contribution in [3.05, 3.63) is 94.8 Å². The van der Waals surface area contributed by atoms with Gasteiger partial charge in [0.15, 0.2) is 0 Å². The Kier molecular flexibility index (Phi) is 4.21. The fraction of sp³-hybridized carbons (Fsp3) is 0.172. The van der Waals surface area contributed by atoms with Gasteiger partial charge < -0.3 is 20.1 Å². The SMILES string of the molecule is CC1=C(O)C(C)CC(C2c3c(ccc4ccc(O)cc34)Oc3ccc4ccc(O)cc4c32)=C1. The predicted molar refractivity (Wildman–Crippen MR) is 130 cm³/mol. The van der Waals surface area contributed by atoms with Gasteiger partial charge >= 0.3 is 0 Å². The highest BCUT2D eigenvalue weighted by atomic mass is 16.5. The molecule has 33 heavy (non-hydrogen) atoms. The molecule has 4 aromatic rings. The summed E-state index contributed by atoms with van der Waals surface area (Å²) in [5.74, 6) is 2.21. The lowest BCUT2D eigenvalue weighted by Crippen LogP contribution is -2.18. The first kappa shape index (κ1) is 19.7. The molecule has 3 N–H and O–H groups in total. The van der Waals surface area contributed by atoms with E-state index in [9.17, 15) is 15.3 Å². The summed E-state index contributed by atoms with van der Waals surface area (Å²) in [6.07, 6.45) is 2.79. The van der Waals surface area contributed by atoms with E-state index in [2.05, 4.69) is 6.08 Å². The second kappa shape index (κ2) is 7.04. The molecule has 0 fully saturated rings. The van der Waals surface area contributed by atoms with Crippen molar-refractivity contribution in [1.29, 1.82) is 0 Å². The fourth-order valence-corrected chi connectivity index (χ4v) is 5.48. The smallest absolute Gasteiger partial charge is 0.132 e. The Morgan fingerprint density at radius 2 is 1.27 bits per heavy atom. The second-order valence-corrected chi connectivity index (χ2v) is 9.19. The Labute approximate surface area is 191 Å². The topological polar surface area (TPSA) is 69.9 Å². The van der Waals surface area contributed by atoms with Gasteiger partial charge in [0, 0.05) is 23.0 Å². The maximum atomic E-state index is 10.5. The van der Waals surface area contributed by atoms with Gasteiger partial charge in [-0.15, -0.1) is 0 Å². The first-order valence-corrected chi connectivity index (χ1v) is 11.2. The van der Waals surface area contributed by atoms with Crippen molar-refractivity contribution in [3.63, 3.8) is 0 Å². The fourth-order valence-electron chi connectivity index (χ4n) is 5.48. The molecule has 1 aliphatic heterocycles. The minimum Gasteiger partial charge on any atom is -0.512 e. The van der Waals surface area contributed by atoms with Gasteiger partial charge in [0.05, 0.1) is 5.76 Å². The summed E-state index contributed by atoms with van der Waals surface area (Å²) in [6.45, 7) is 3.98. The van der Waals surface area contributed by atoms with Gasteiger partial charge in [0.25, 0.3) is 0 Å². The molecule has 4 heteroatoms. The Morgan fingerprint density at radius 1 is 0.758 bits per heavy atom. The number of aliphatic hydroxyl groups excluding tert-OH is 1. The molecule has 0 radical (unpaired) electrons. The minimum atomic E-state index is -0.148. The van der Waals surface area contributed by atoms with Crippen molar-refractivity contribution in [2.45, 2.75) is 26.2 Å². The van der Waals surface area contributed by atoms with E-state index in [1.165, 1.54) is 5.57 Å². The number of allylic oxidation sites excluding steroid dienone is 4. The van der Waals surface area contributed by atoms with Crippen LogP contribution in [0.25, 0.3) is 21.5 Å². The zero-order valence-electron chi connectivity index (χ0n) is 18.5. The summed E-state index contributed by atoms with van der Waals surface area (Å²) in [5.41, 5.74) is 4.04. The highest BCUT2D eigenvalue weighted by molar-refractivity contribution is 5.96. The highest BCUT2D eigenvalue weighted by Gasteiger charge is 2.35. The highest BCUT2D eigenvalue weighted by Crippen LogP contribution is 2.54. The lowest BCUT2D eigenvalue weighted by atomic mass is 9.73. The number of phenols is 2. The van der Waals surface area contributed by atoms with Crippen molar-refractivity contribution < 1.29 is 20.1 Å². The molecule has 0 saturated heterocycles. The molecule has 1 heterocycles. The number of ether oxygens (including phenoxy) is 1.